The Morgan fingerprint density at radius 1 is 0.951 bits per heavy atom. The van der Waals surface area contributed by atoms with Crippen LogP contribution in [0.2, 0.25) is 0 Å². The van der Waals surface area contributed by atoms with Gasteiger partial charge >= 0.3 is 0 Å². The molecule has 8 nitrogen and oxygen atoms in total. The Morgan fingerprint density at radius 3 is 2.54 bits per heavy atom. The molecular weight excluding hydrogens is 512 g/mol. The topological polar surface area (TPSA) is 87.4 Å². The molecular formula is C33H32N6O2. The van der Waals surface area contributed by atoms with Crippen LogP contribution in [0.5, 0.6) is 0 Å². The summed E-state index contributed by atoms with van der Waals surface area (Å²) in [5.74, 6) is 2.11. The van der Waals surface area contributed by atoms with Gasteiger partial charge in [0.1, 0.15) is 17.0 Å². The standard InChI is InChI=1S/C33H32N6O2/c1-21-25(7-5-9-27(21)33-37-29-18-39(20-40)19-30(29)41-33)26-8-6-10-28(22(26)2)36-32-31-24(11-12-34-32)15-23(16-35-31)17-38-13-3-4-14-38/h5-12,15-16,20H,3-4,13-14,17-19H2,1-2H3,(H,34,36). The van der Waals surface area contributed by atoms with Gasteiger partial charge in [0.2, 0.25) is 12.3 Å². The zero-order chi connectivity index (χ0) is 27.9. The van der Waals surface area contributed by atoms with Crippen LogP contribution in [0.3, 0.4) is 0 Å². The summed E-state index contributed by atoms with van der Waals surface area (Å²) in [5.41, 5.74) is 9.33. The maximum absolute atomic E-state index is 11.1. The minimum atomic E-state index is 0.466. The van der Waals surface area contributed by atoms with Crippen molar-refractivity contribution in [3.63, 3.8) is 0 Å². The van der Waals surface area contributed by atoms with Crippen LogP contribution in [0, 0.1) is 13.8 Å². The Bertz CT molecular complexity index is 1750. The zero-order valence-electron chi connectivity index (χ0n) is 23.4. The Hall–Kier alpha value is -4.56. The van der Waals surface area contributed by atoms with Gasteiger partial charge in [0.15, 0.2) is 5.82 Å². The van der Waals surface area contributed by atoms with Gasteiger partial charge in [0.05, 0.1) is 13.1 Å². The number of aromatic nitrogens is 3. The highest BCUT2D eigenvalue weighted by molar-refractivity contribution is 5.91. The smallest absolute Gasteiger partial charge is 0.226 e. The van der Waals surface area contributed by atoms with Gasteiger partial charge in [-0.3, -0.25) is 14.7 Å². The predicted octanol–water partition coefficient (Wildman–Crippen LogP) is 6.38. The van der Waals surface area contributed by atoms with Crippen molar-refractivity contribution >= 4 is 28.8 Å². The van der Waals surface area contributed by atoms with E-state index in [1.807, 2.05) is 30.6 Å². The normalized spacial score (nSPS) is 15.0. The highest BCUT2D eigenvalue weighted by Crippen LogP contribution is 2.37. The predicted molar refractivity (Wildman–Crippen MR) is 159 cm³/mol. The molecule has 2 aliphatic rings. The average Bonchev–Trinajstić information content (AvgIpc) is 3.72. The maximum Gasteiger partial charge on any atom is 0.226 e. The summed E-state index contributed by atoms with van der Waals surface area (Å²) in [6.07, 6.45) is 7.24. The molecule has 0 unspecified atom stereocenters. The fourth-order valence-corrected chi connectivity index (χ4v) is 6.08. The molecule has 0 bridgehead atoms. The molecule has 7 rings (SSSR count). The van der Waals surface area contributed by atoms with E-state index in [0.29, 0.717) is 19.0 Å². The molecule has 0 radical (unpaired) electrons. The van der Waals surface area contributed by atoms with Crippen LogP contribution in [0.1, 0.15) is 41.0 Å². The maximum atomic E-state index is 11.1. The largest absolute Gasteiger partial charge is 0.439 e. The van der Waals surface area contributed by atoms with E-state index in [4.69, 9.17) is 14.4 Å². The summed E-state index contributed by atoms with van der Waals surface area (Å²) in [6.45, 7) is 8.47. The molecule has 5 heterocycles. The number of hydrogen-bond donors (Lipinski definition) is 1. The molecule has 1 fully saturated rings. The summed E-state index contributed by atoms with van der Waals surface area (Å²) >= 11 is 0. The summed E-state index contributed by atoms with van der Waals surface area (Å²) < 4.78 is 6.09. The lowest BCUT2D eigenvalue weighted by Gasteiger charge is -2.17. The van der Waals surface area contributed by atoms with Crippen molar-refractivity contribution in [3.05, 3.63) is 89.1 Å². The minimum absolute atomic E-state index is 0.466. The quantitative estimate of drug-likeness (QED) is 0.238. The van der Waals surface area contributed by atoms with Crippen molar-refractivity contribution in [2.45, 2.75) is 46.3 Å². The number of carbonyl (C=O) groups is 1. The highest BCUT2D eigenvalue weighted by atomic mass is 16.4. The number of benzene rings is 2. The highest BCUT2D eigenvalue weighted by Gasteiger charge is 2.26. The number of likely N-dealkylation sites (tertiary alicyclic amines) is 1. The van der Waals surface area contributed by atoms with E-state index in [0.717, 1.165) is 74.6 Å². The van der Waals surface area contributed by atoms with E-state index in [1.54, 1.807) is 4.90 Å². The monoisotopic (exact) mass is 544 g/mol. The van der Waals surface area contributed by atoms with Gasteiger partial charge in [-0.05, 0) is 91.9 Å². The second-order valence-corrected chi connectivity index (χ2v) is 11.0. The molecule has 206 valence electrons. The third kappa shape index (κ3) is 4.74. The second-order valence-electron chi connectivity index (χ2n) is 11.0. The lowest BCUT2D eigenvalue weighted by Crippen LogP contribution is -2.18. The van der Waals surface area contributed by atoms with E-state index in [-0.39, 0.29) is 0 Å². The van der Waals surface area contributed by atoms with Crippen LogP contribution >= 0.6 is 0 Å². The summed E-state index contributed by atoms with van der Waals surface area (Å²) in [6, 6.07) is 16.8. The van der Waals surface area contributed by atoms with Crippen LogP contribution in [0.15, 0.2) is 65.3 Å². The molecule has 2 aromatic carbocycles. The van der Waals surface area contributed by atoms with E-state index in [1.165, 1.54) is 31.5 Å². The number of anilines is 2. The molecule has 0 saturated carbocycles. The molecule has 1 saturated heterocycles. The molecule has 0 atom stereocenters. The second kappa shape index (κ2) is 10.4. The summed E-state index contributed by atoms with van der Waals surface area (Å²) in [4.78, 5) is 29.5. The third-order valence-corrected chi connectivity index (χ3v) is 8.33. The van der Waals surface area contributed by atoms with Crippen molar-refractivity contribution < 1.29 is 9.21 Å². The molecule has 3 aromatic heterocycles. The van der Waals surface area contributed by atoms with Gasteiger partial charge in [0.25, 0.3) is 0 Å². The fraction of sp³-hybridized carbons (Fsp3) is 0.273. The Labute approximate surface area is 239 Å². The first kappa shape index (κ1) is 25.4. The number of rotatable bonds is 7. The number of fused-ring (bicyclic) bond motifs is 2. The number of nitrogens with zero attached hydrogens (tertiary/aromatic N) is 5. The molecule has 1 amide bonds. The van der Waals surface area contributed by atoms with Crippen molar-refractivity contribution in [2.24, 2.45) is 0 Å². The van der Waals surface area contributed by atoms with Crippen LogP contribution in [-0.2, 0) is 24.4 Å². The van der Waals surface area contributed by atoms with Crippen LogP contribution in [0.25, 0.3) is 33.5 Å². The summed E-state index contributed by atoms with van der Waals surface area (Å²) in [7, 11) is 0. The van der Waals surface area contributed by atoms with Gasteiger partial charge in [-0.15, -0.1) is 0 Å². The van der Waals surface area contributed by atoms with Gasteiger partial charge < -0.3 is 14.6 Å². The molecule has 1 N–H and O–H groups in total. The van der Waals surface area contributed by atoms with Gasteiger partial charge in [-0.25, -0.2) is 9.97 Å². The number of carbonyl (C=O) groups excluding carboxylic acids is 1. The average molecular weight is 545 g/mol. The zero-order valence-corrected chi connectivity index (χ0v) is 23.4. The Balaban J connectivity index is 1.18. The van der Waals surface area contributed by atoms with Crippen molar-refractivity contribution in [1.29, 1.82) is 0 Å². The number of hydrogen-bond acceptors (Lipinski definition) is 7. The van der Waals surface area contributed by atoms with Crippen LogP contribution < -0.4 is 5.32 Å². The van der Waals surface area contributed by atoms with E-state index in [2.05, 4.69) is 59.4 Å². The molecule has 41 heavy (non-hydrogen) atoms. The van der Waals surface area contributed by atoms with Crippen molar-refractivity contribution in [3.8, 4) is 22.6 Å². The Kier molecular flexibility index (Phi) is 6.47. The first-order chi connectivity index (χ1) is 20.1. The first-order valence-electron chi connectivity index (χ1n) is 14.2. The van der Waals surface area contributed by atoms with Crippen LogP contribution in [0.4, 0.5) is 11.5 Å². The number of pyridine rings is 2. The summed E-state index contributed by atoms with van der Waals surface area (Å²) in [5, 5.41) is 4.66. The van der Waals surface area contributed by atoms with Gasteiger partial charge in [-0.2, -0.15) is 0 Å². The molecule has 0 spiro atoms. The van der Waals surface area contributed by atoms with E-state index >= 15 is 0 Å². The fourth-order valence-electron chi connectivity index (χ4n) is 6.08. The molecule has 8 heteroatoms. The number of nitrogens with one attached hydrogen (secondary N) is 1. The first-order valence-corrected chi connectivity index (χ1v) is 14.2. The van der Waals surface area contributed by atoms with Crippen LogP contribution in [-0.4, -0.2) is 44.3 Å². The Morgan fingerprint density at radius 2 is 1.73 bits per heavy atom. The van der Waals surface area contributed by atoms with E-state index in [9.17, 15) is 4.79 Å². The molecule has 2 aliphatic heterocycles. The number of amides is 1. The van der Waals surface area contributed by atoms with E-state index < -0.39 is 0 Å². The molecule has 5 aromatic rings. The SMILES string of the molecule is Cc1c(Nc2nccc3cc(CN4CCCC4)cnc23)cccc1-c1cccc(-c2nc3c(o2)CN(C=O)C3)c1C. The third-order valence-electron chi connectivity index (χ3n) is 8.33. The van der Waals surface area contributed by atoms with Gasteiger partial charge in [0, 0.05) is 35.6 Å². The lowest BCUT2D eigenvalue weighted by atomic mass is 9.93. The lowest BCUT2D eigenvalue weighted by molar-refractivity contribution is -0.118. The molecule has 0 aliphatic carbocycles. The van der Waals surface area contributed by atoms with Gasteiger partial charge in [-0.1, -0.05) is 24.3 Å². The minimum Gasteiger partial charge on any atom is -0.439 e. The number of oxazole rings is 1. The van der Waals surface area contributed by atoms with Crippen molar-refractivity contribution in [1.82, 2.24) is 24.8 Å². The van der Waals surface area contributed by atoms with Crippen molar-refractivity contribution in [2.75, 3.05) is 18.4 Å².